The van der Waals surface area contributed by atoms with Gasteiger partial charge in [0.25, 0.3) is 5.91 Å². The number of nitrogens with zero attached hydrogens (tertiary/aromatic N) is 1. The molecule has 1 heterocycles. The van der Waals surface area contributed by atoms with E-state index < -0.39 is 6.04 Å². The van der Waals surface area contributed by atoms with Crippen LogP contribution >= 0.6 is 24.0 Å². The van der Waals surface area contributed by atoms with Crippen LogP contribution in [0.3, 0.4) is 0 Å². The average molecular weight is 402 g/mol. The monoisotopic (exact) mass is 401 g/mol. The summed E-state index contributed by atoms with van der Waals surface area (Å²) in [6.07, 6.45) is 3.81. The summed E-state index contributed by atoms with van der Waals surface area (Å²) in [6.45, 7) is 6.87. The standard InChI is InChI=1S/C19H28ClN3O2.ClH/c1-12(2)10-17(21)18(24)22-14-7-8-15(16(20)11-14)19(25)23-9-5-4-6-13(23)3;/h7-8,11-13,17H,4-6,9-10,21H2,1-3H3,(H,22,24);1H/t13?,17-;/m0./s1. The molecule has 5 nitrogen and oxygen atoms in total. The minimum absolute atomic E-state index is 0. The topological polar surface area (TPSA) is 75.4 Å². The highest BCUT2D eigenvalue weighted by Gasteiger charge is 2.26. The molecule has 1 fully saturated rings. The van der Waals surface area contributed by atoms with Gasteiger partial charge in [-0.25, -0.2) is 0 Å². The highest BCUT2D eigenvalue weighted by Crippen LogP contribution is 2.26. The van der Waals surface area contributed by atoms with E-state index in [4.69, 9.17) is 17.3 Å². The summed E-state index contributed by atoms with van der Waals surface area (Å²) in [5.41, 5.74) is 6.91. The number of hydrogen-bond donors (Lipinski definition) is 2. The number of nitrogens with two attached hydrogens (primary N) is 1. The second kappa shape index (κ2) is 10.1. The van der Waals surface area contributed by atoms with E-state index in [0.717, 1.165) is 25.8 Å². The maximum Gasteiger partial charge on any atom is 0.255 e. The van der Waals surface area contributed by atoms with Crippen molar-refractivity contribution in [2.24, 2.45) is 11.7 Å². The largest absolute Gasteiger partial charge is 0.336 e. The molecule has 26 heavy (non-hydrogen) atoms. The van der Waals surface area contributed by atoms with Crippen molar-refractivity contribution in [2.75, 3.05) is 11.9 Å². The Morgan fingerprint density at radius 1 is 1.35 bits per heavy atom. The summed E-state index contributed by atoms with van der Waals surface area (Å²) >= 11 is 6.31. The zero-order valence-corrected chi connectivity index (χ0v) is 17.2. The van der Waals surface area contributed by atoms with E-state index in [-0.39, 0.29) is 30.3 Å². The van der Waals surface area contributed by atoms with Crippen LogP contribution in [0.1, 0.15) is 56.8 Å². The number of likely N-dealkylation sites (tertiary alicyclic amines) is 1. The van der Waals surface area contributed by atoms with E-state index in [2.05, 4.69) is 12.2 Å². The molecular weight excluding hydrogens is 373 g/mol. The first-order valence-corrected chi connectivity index (χ1v) is 9.34. The van der Waals surface area contributed by atoms with Crippen molar-refractivity contribution in [2.45, 2.75) is 58.5 Å². The van der Waals surface area contributed by atoms with Gasteiger partial charge in [-0.05, 0) is 56.7 Å². The Morgan fingerprint density at radius 2 is 2.04 bits per heavy atom. The van der Waals surface area contributed by atoms with Crippen molar-refractivity contribution in [3.63, 3.8) is 0 Å². The number of benzene rings is 1. The number of nitrogens with one attached hydrogen (secondary N) is 1. The molecule has 1 unspecified atom stereocenters. The van der Waals surface area contributed by atoms with Crippen LogP contribution in [0.15, 0.2) is 18.2 Å². The third-order valence-electron chi connectivity index (χ3n) is 4.59. The fourth-order valence-corrected chi connectivity index (χ4v) is 3.43. The molecule has 1 aliphatic heterocycles. The summed E-state index contributed by atoms with van der Waals surface area (Å²) in [5.74, 6) is 0.0518. The van der Waals surface area contributed by atoms with Crippen molar-refractivity contribution >= 4 is 41.5 Å². The minimum Gasteiger partial charge on any atom is -0.336 e. The van der Waals surface area contributed by atoms with Gasteiger partial charge in [-0.3, -0.25) is 9.59 Å². The van der Waals surface area contributed by atoms with E-state index in [1.807, 2.05) is 18.7 Å². The zero-order chi connectivity index (χ0) is 18.6. The van der Waals surface area contributed by atoms with Crippen LogP contribution in [0.4, 0.5) is 5.69 Å². The lowest BCUT2D eigenvalue weighted by molar-refractivity contribution is -0.117. The highest BCUT2D eigenvalue weighted by atomic mass is 35.5. The van der Waals surface area contributed by atoms with E-state index in [0.29, 0.717) is 28.6 Å². The SMILES string of the molecule is CC(C)C[C@H](N)C(=O)Nc1ccc(C(=O)N2CCCCC2C)c(Cl)c1.Cl. The van der Waals surface area contributed by atoms with Gasteiger partial charge in [-0.15, -0.1) is 12.4 Å². The smallest absolute Gasteiger partial charge is 0.255 e. The molecule has 2 rings (SSSR count). The predicted octanol–water partition coefficient (Wildman–Crippen LogP) is 4.09. The Hall–Kier alpha value is -1.30. The van der Waals surface area contributed by atoms with E-state index >= 15 is 0 Å². The van der Waals surface area contributed by atoms with Gasteiger partial charge in [0.05, 0.1) is 16.6 Å². The van der Waals surface area contributed by atoms with E-state index in [9.17, 15) is 9.59 Å². The average Bonchev–Trinajstić information content (AvgIpc) is 2.54. The lowest BCUT2D eigenvalue weighted by atomic mass is 10.0. The summed E-state index contributed by atoms with van der Waals surface area (Å²) in [4.78, 5) is 26.7. The minimum atomic E-state index is -0.561. The van der Waals surface area contributed by atoms with Crippen molar-refractivity contribution < 1.29 is 9.59 Å². The first kappa shape index (κ1) is 22.7. The summed E-state index contributed by atoms with van der Waals surface area (Å²) in [5, 5.41) is 3.11. The second-order valence-electron chi connectivity index (χ2n) is 7.26. The van der Waals surface area contributed by atoms with Gasteiger partial charge in [0.15, 0.2) is 0 Å². The predicted molar refractivity (Wildman–Crippen MR) is 109 cm³/mol. The quantitative estimate of drug-likeness (QED) is 0.779. The van der Waals surface area contributed by atoms with Crippen LogP contribution in [-0.4, -0.2) is 35.3 Å². The Labute approximate surface area is 167 Å². The highest BCUT2D eigenvalue weighted by molar-refractivity contribution is 6.34. The van der Waals surface area contributed by atoms with Gasteiger partial charge in [0.1, 0.15) is 0 Å². The van der Waals surface area contributed by atoms with Crippen LogP contribution in [-0.2, 0) is 4.79 Å². The van der Waals surface area contributed by atoms with Crippen molar-refractivity contribution in [3.05, 3.63) is 28.8 Å². The molecule has 1 aromatic rings. The molecule has 1 aromatic carbocycles. The lowest BCUT2D eigenvalue weighted by Crippen LogP contribution is -2.42. The number of hydrogen-bond acceptors (Lipinski definition) is 3. The zero-order valence-electron chi connectivity index (χ0n) is 15.6. The fraction of sp³-hybridized carbons (Fsp3) is 0.579. The summed E-state index contributed by atoms with van der Waals surface area (Å²) < 4.78 is 0. The Bertz CT molecular complexity index is 637. The molecule has 0 saturated carbocycles. The molecule has 0 spiro atoms. The first-order chi connectivity index (χ1) is 11.8. The molecule has 0 aliphatic carbocycles. The van der Waals surface area contributed by atoms with Crippen molar-refractivity contribution in [1.29, 1.82) is 0 Å². The van der Waals surface area contributed by atoms with Crippen LogP contribution in [0.5, 0.6) is 0 Å². The van der Waals surface area contributed by atoms with Gasteiger partial charge < -0.3 is 16.0 Å². The number of carbonyl (C=O) groups is 2. The molecular formula is C19H29Cl2N3O2. The Morgan fingerprint density at radius 3 is 2.62 bits per heavy atom. The number of carbonyl (C=O) groups excluding carboxylic acids is 2. The molecule has 0 aromatic heterocycles. The maximum atomic E-state index is 12.7. The molecule has 0 radical (unpaired) electrons. The fourth-order valence-electron chi connectivity index (χ4n) is 3.17. The first-order valence-electron chi connectivity index (χ1n) is 8.96. The molecule has 3 N–H and O–H groups in total. The molecule has 1 saturated heterocycles. The van der Waals surface area contributed by atoms with Crippen LogP contribution in [0.2, 0.25) is 5.02 Å². The normalized spacial score (nSPS) is 18.2. The number of piperidine rings is 1. The van der Waals surface area contributed by atoms with Crippen molar-refractivity contribution in [3.8, 4) is 0 Å². The number of anilines is 1. The van der Waals surface area contributed by atoms with E-state index in [1.165, 1.54) is 0 Å². The Kier molecular flexibility index (Phi) is 8.87. The summed E-state index contributed by atoms with van der Waals surface area (Å²) in [7, 11) is 0. The second-order valence-corrected chi connectivity index (χ2v) is 7.67. The van der Waals surface area contributed by atoms with Gasteiger partial charge in [-0.2, -0.15) is 0 Å². The van der Waals surface area contributed by atoms with Gasteiger partial charge in [0.2, 0.25) is 5.91 Å². The molecule has 2 amide bonds. The Balaban J connectivity index is 0.00000338. The van der Waals surface area contributed by atoms with Crippen LogP contribution < -0.4 is 11.1 Å². The molecule has 146 valence electrons. The van der Waals surface area contributed by atoms with Crippen molar-refractivity contribution in [1.82, 2.24) is 4.90 Å². The molecule has 1 aliphatic rings. The lowest BCUT2D eigenvalue weighted by Gasteiger charge is -2.33. The maximum absolute atomic E-state index is 12.7. The molecule has 0 bridgehead atoms. The molecule has 2 atom stereocenters. The third-order valence-corrected chi connectivity index (χ3v) is 4.91. The van der Waals surface area contributed by atoms with Crippen LogP contribution in [0.25, 0.3) is 0 Å². The number of amides is 2. The van der Waals surface area contributed by atoms with Crippen LogP contribution in [0, 0.1) is 5.92 Å². The van der Waals surface area contributed by atoms with Gasteiger partial charge in [0, 0.05) is 18.3 Å². The summed E-state index contributed by atoms with van der Waals surface area (Å²) in [6, 6.07) is 4.66. The van der Waals surface area contributed by atoms with E-state index in [1.54, 1.807) is 18.2 Å². The van der Waals surface area contributed by atoms with Gasteiger partial charge in [-0.1, -0.05) is 25.4 Å². The number of halogens is 2. The van der Waals surface area contributed by atoms with Gasteiger partial charge >= 0.3 is 0 Å². The third kappa shape index (κ3) is 5.86. The number of rotatable bonds is 5. The molecule has 7 heteroatoms.